The van der Waals surface area contributed by atoms with E-state index in [4.69, 9.17) is 4.74 Å². The van der Waals surface area contributed by atoms with Crippen LogP contribution >= 0.6 is 0 Å². The average molecular weight is 199 g/mol. The molecule has 2 saturated heterocycles. The highest BCUT2D eigenvalue weighted by atomic mass is 16.5. The van der Waals surface area contributed by atoms with Crippen molar-refractivity contribution in [3.05, 3.63) is 0 Å². The molecule has 0 radical (unpaired) electrons. The zero-order valence-corrected chi connectivity index (χ0v) is 8.96. The highest BCUT2D eigenvalue weighted by Gasteiger charge is 2.39. The lowest BCUT2D eigenvalue weighted by Gasteiger charge is -2.43. The molecule has 82 valence electrons. The van der Waals surface area contributed by atoms with Gasteiger partial charge in [-0.15, -0.1) is 0 Å². The van der Waals surface area contributed by atoms with Crippen LogP contribution in [0.25, 0.3) is 0 Å². The summed E-state index contributed by atoms with van der Waals surface area (Å²) < 4.78 is 5.33. The van der Waals surface area contributed by atoms with Crippen molar-refractivity contribution in [1.29, 1.82) is 0 Å². The van der Waals surface area contributed by atoms with Crippen molar-refractivity contribution in [3.8, 4) is 0 Å². The lowest BCUT2D eigenvalue weighted by Crippen LogP contribution is -2.54. The molecule has 3 nitrogen and oxygen atoms in total. The molecule has 0 saturated carbocycles. The predicted octanol–water partition coefficient (Wildman–Crippen LogP) is 0.916. The van der Waals surface area contributed by atoms with Crippen LogP contribution in [0.2, 0.25) is 0 Å². The summed E-state index contributed by atoms with van der Waals surface area (Å²) in [4.78, 5) is 0. The van der Waals surface area contributed by atoms with Gasteiger partial charge in [0.25, 0.3) is 0 Å². The Bertz CT molecular complexity index is 182. The Kier molecular flexibility index (Phi) is 3.10. The van der Waals surface area contributed by atoms with Crippen molar-refractivity contribution in [2.24, 2.45) is 5.92 Å². The van der Waals surface area contributed by atoms with E-state index in [0.29, 0.717) is 12.0 Å². The first kappa shape index (κ1) is 10.4. The number of nitrogens with one attached hydrogen (secondary N) is 1. The first-order chi connectivity index (χ1) is 6.71. The summed E-state index contributed by atoms with van der Waals surface area (Å²) in [6.45, 7) is 4.59. The molecule has 2 unspecified atom stereocenters. The predicted molar refractivity (Wildman–Crippen MR) is 55.2 cm³/mol. The van der Waals surface area contributed by atoms with E-state index in [1.807, 2.05) is 0 Å². The average Bonchev–Trinajstić information content (AvgIpc) is 2.24. The van der Waals surface area contributed by atoms with Gasteiger partial charge >= 0.3 is 0 Å². The Morgan fingerprint density at radius 2 is 2.00 bits per heavy atom. The molecule has 0 aromatic carbocycles. The topological polar surface area (TPSA) is 41.5 Å². The van der Waals surface area contributed by atoms with Crippen molar-refractivity contribution in [2.45, 2.75) is 44.2 Å². The smallest absolute Gasteiger partial charge is 0.0801 e. The van der Waals surface area contributed by atoms with Gasteiger partial charge in [-0.2, -0.15) is 0 Å². The van der Waals surface area contributed by atoms with Gasteiger partial charge in [-0.1, -0.05) is 0 Å². The van der Waals surface area contributed by atoms with Gasteiger partial charge in [0.05, 0.1) is 5.60 Å². The van der Waals surface area contributed by atoms with E-state index in [1.165, 1.54) is 0 Å². The highest BCUT2D eigenvalue weighted by molar-refractivity contribution is 4.94. The third-order valence-corrected chi connectivity index (χ3v) is 3.75. The minimum atomic E-state index is -0.462. The molecular formula is C11H21NO2. The Hall–Kier alpha value is -0.120. The van der Waals surface area contributed by atoms with E-state index in [9.17, 15) is 5.11 Å². The van der Waals surface area contributed by atoms with Crippen LogP contribution in [-0.4, -0.2) is 36.5 Å². The molecule has 0 spiro atoms. The molecule has 0 amide bonds. The van der Waals surface area contributed by atoms with Crippen molar-refractivity contribution in [3.63, 3.8) is 0 Å². The normalized spacial score (nSPS) is 41.1. The molecule has 2 aliphatic rings. The fourth-order valence-electron chi connectivity index (χ4n) is 2.59. The fraction of sp³-hybridized carbons (Fsp3) is 1.00. The van der Waals surface area contributed by atoms with Gasteiger partial charge in [0.15, 0.2) is 0 Å². The molecular weight excluding hydrogens is 178 g/mol. The van der Waals surface area contributed by atoms with Crippen LogP contribution < -0.4 is 5.32 Å². The molecule has 2 fully saturated rings. The third-order valence-electron chi connectivity index (χ3n) is 3.75. The van der Waals surface area contributed by atoms with Crippen LogP contribution in [-0.2, 0) is 4.74 Å². The number of rotatable bonds is 1. The largest absolute Gasteiger partial charge is 0.388 e. The number of hydrogen-bond donors (Lipinski definition) is 2. The van der Waals surface area contributed by atoms with Crippen molar-refractivity contribution in [2.75, 3.05) is 19.8 Å². The quantitative estimate of drug-likeness (QED) is 0.660. The summed E-state index contributed by atoms with van der Waals surface area (Å²) in [7, 11) is 0. The number of aliphatic hydroxyl groups is 1. The standard InChI is InChI=1S/C11H21NO2/c1-9-2-5-11(13,8-12-9)10-3-6-14-7-4-10/h9-10,12-13H,2-8H2,1H3. The Balaban J connectivity index is 1.93. The molecule has 3 heteroatoms. The van der Waals surface area contributed by atoms with Crippen molar-refractivity contribution < 1.29 is 9.84 Å². The summed E-state index contributed by atoms with van der Waals surface area (Å²) in [6, 6.07) is 0.565. The number of piperidine rings is 1. The second-order valence-electron chi connectivity index (χ2n) is 4.81. The Morgan fingerprint density at radius 1 is 1.29 bits per heavy atom. The van der Waals surface area contributed by atoms with Gasteiger partial charge in [-0.25, -0.2) is 0 Å². The first-order valence-electron chi connectivity index (χ1n) is 5.74. The second-order valence-corrected chi connectivity index (χ2v) is 4.81. The molecule has 2 aliphatic heterocycles. The summed E-state index contributed by atoms with van der Waals surface area (Å²) in [6.07, 6.45) is 4.08. The summed E-state index contributed by atoms with van der Waals surface area (Å²) in [5, 5.41) is 13.9. The number of β-amino-alcohol motifs (C(OH)–C–C–N with tert-alkyl or cyclic N) is 1. The summed E-state index contributed by atoms with van der Waals surface area (Å²) >= 11 is 0. The van der Waals surface area contributed by atoms with Gasteiger partial charge < -0.3 is 15.2 Å². The number of hydrogen-bond acceptors (Lipinski definition) is 3. The maximum absolute atomic E-state index is 10.5. The van der Waals surface area contributed by atoms with E-state index in [-0.39, 0.29) is 0 Å². The van der Waals surface area contributed by atoms with E-state index in [0.717, 1.165) is 45.4 Å². The van der Waals surface area contributed by atoms with Crippen LogP contribution in [0.3, 0.4) is 0 Å². The van der Waals surface area contributed by atoms with Crippen LogP contribution in [0.4, 0.5) is 0 Å². The van der Waals surface area contributed by atoms with E-state index >= 15 is 0 Å². The van der Waals surface area contributed by atoms with Gasteiger partial charge in [-0.05, 0) is 38.5 Å². The third kappa shape index (κ3) is 2.10. The van der Waals surface area contributed by atoms with Crippen LogP contribution in [0.5, 0.6) is 0 Å². The first-order valence-corrected chi connectivity index (χ1v) is 5.74. The molecule has 2 heterocycles. The molecule has 14 heavy (non-hydrogen) atoms. The highest BCUT2D eigenvalue weighted by Crippen LogP contribution is 2.33. The molecule has 2 rings (SSSR count). The monoisotopic (exact) mass is 199 g/mol. The van der Waals surface area contributed by atoms with Gasteiger partial charge in [-0.3, -0.25) is 0 Å². The van der Waals surface area contributed by atoms with Crippen molar-refractivity contribution >= 4 is 0 Å². The van der Waals surface area contributed by atoms with E-state index in [1.54, 1.807) is 0 Å². The summed E-state index contributed by atoms with van der Waals surface area (Å²) in [5.74, 6) is 0.441. The summed E-state index contributed by atoms with van der Waals surface area (Å²) in [5.41, 5.74) is -0.462. The lowest BCUT2D eigenvalue weighted by atomic mass is 9.76. The number of ether oxygens (including phenoxy) is 1. The molecule has 0 aromatic rings. The van der Waals surface area contributed by atoms with Gasteiger partial charge in [0.2, 0.25) is 0 Å². The van der Waals surface area contributed by atoms with Crippen molar-refractivity contribution in [1.82, 2.24) is 5.32 Å². The Labute approximate surface area is 85.8 Å². The second kappa shape index (κ2) is 4.17. The minimum absolute atomic E-state index is 0.441. The molecule has 2 atom stereocenters. The fourth-order valence-corrected chi connectivity index (χ4v) is 2.59. The zero-order valence-electron chi connectivity index (χ0n) is 8.96. The van der Waals surface area contributed by atoms with Gasteiger partial charge in [0, 0.05) is 25.8 Å². The lowest BCUT2D eigenvalue weighted by molar-refractivity contribution is -0.0818. The maximum atomic E-state index is 10.5. The molecule has 2 N–H and O–H groups in total. The Morgan fingerprint density at radius 3 is 2.57 bits per heavy atom. The molecule has 0 bridgehead atoms. The van der Waals surface area contributed by atoms with Crippen LogP contribution in [0.15, 0.2) is 0 Å². The SMILES string of the molecule is CC1CCC(O)(C2CCOCC2)CN1. The zero-order chi connectivity index (χ0) is 10.0. The maximum Gasteiger partial charge on any atom is 0.0801 e. The molecule has 0 aliphatic carbocycles. The van der Waals surface area contributed by atoms with E-state index in [2.05, 4.69) is 12.2 Å². The van der Waals surface area contributed by atoms with E-state index < -0.39 is 5.60 Å². The molecule has 0 aromatic heterocycles. The minimum Gasteiger partial charge on any atom is -0.388 e. The van der Waals surface area contributed by atoms with Crippen LogP contribution in [0, 0.1) is 5.92 Å². The van der Waals surface area contributed by atoms with Gasteiger partial charge in [0.1, 0.15) is 0 Å². The van der Waals surface area contributed by atoms with Crippen LogP contribution in [0.1, 0.15) is 32.6 Å².